The summed E-state index contributed by atoms with van der Waals surface area (Å²) >= 11 is 0. The molecular weight excluding hydrogens is 621 g/mol. The fourth-order valence-corrected chi connectivity index (χ4v) is 6.09. The van der Waals surface area contributed by atoms with Crippen molar-refractivity contribution in [2.24, 2.45) is 0 Å². The van der Waals surface area contributed by atoms with Gasteiger partial charge in [-0.05, 0) is 53.6 Å². The number of piperidine rings is 1. The molecular formula is C34H32F5N5O3. The van der Waals surface area contributed by atoms with Gasteiger partial charge in [0, 0.05) is 51.9 Å². The summed E-state index contributed by atoms with van der Waals surface area (Å²) < 4.78 is 75.4. The van der Waals surface area contributed by atoms with Crippen molar-refractivity contribution < 1.29 is 36.0 Å². The van der Waals surface area contributed by atoms with Gasteiger partial charge in [0.25, 0.3) is 6.01 Å². The number of rotatable bonds is 8. The van der Waals surface area contributed by atoms with Gasteiger partial charge in [-0.15, -0.1) is 0 Å². The molecule has 8 nitrogen and oxygen atoms in total. The number of carbonyl (C=O) groups excluding carboxylic acids is 2. The fraction of sp³-hybridized carbons (Fsp3) is 0.353. The van der Waals surface area contributed by atoms with Crippen molar-refractivity contribution in [1.82, 2.24) is 14.9 Å². The molecule has 4 heterocycles. The predicted molar refractivity (Wildman–Crippen MR) is 163 cm³/mol. The molecule has 1 amide bonds. The van der Waals surface area contributed by atoms with Crippen LogP contribution in [0.4, 0.5) is 33.8 Å². The lowest BCUT2D eigenvalue weighted by Crippen LogP contribution is -2.49. The molecule has 47 heavy (non-hydrogen) atoms. The molecule has 2 fully saturated rings. The summed E-state index contributed by atoms with van der Waals surface area (Å²) in [5, 5.41) is 0. The van der Waals surface area contributed by atoms with E-state index < -0.39 is 29.2 Å². The number of alkyl halides is 3. The zero-order valence-corrected chi connectivity index (χ0v) is 25.3. The summed E-state index contributed by atoms with van der Waals surface area (Å²) in [6, 6.07) is 15.6. The number of aromatic nitrogens is 2. The topological polar surface area (TPSA) is 82.8 Å². The zero-order valence-electron chi connectivity index (χ0n) is 25.3. The minimum atomic E-state index is -4.90. The van der Waals surface area contributed by atoms with Crippen molar-refractivity contribution in [3.8, 4) is 0 Å². The molecule has 0 bridgehead atoms. The number of anilines is 2. The maximum Gasteiger partial charge on any atom is 0.437 e. The van der Waals surface area contributed by atoms with E-state index in [9.17, 15) is 31.5 Å². The van der Waals surface area contributed by atoms with E-state index >= 15 is 0 Å². The fourth-order valence-electron chi connectivity index (χ4n) is 6.09. The maximum atomic E-state index is 14.2. The van der Waals surface area contributed by atoms with Gasteiger partial charge in [0.05, 0.1) is 6.42 Å². The summed E-state index contributed by atoms with van der Waals surface area (Å²) in [5.74, 6) is -2.13. The van der Waals surface area contributed by atoms with Crippen molar-refractivity contribution in [1.29, 1.82) is 0 Å². The Kier molecular flexibility index (Phi) is 9.24. The first-order valence-corrected chi connectivity index (χ1v) is 15.4. The van der Waals surface area contributed by atoms with Gasteiger partial charge in [-0.1, -0.05) is 42.5 Å². The number of carbonyl (C=O) groups is 2. The molecule has 0 aliphatic carbocycles. The van der Waals surface area contributed by atoms with E-state index in [1.54, 1.807) is 58.3 Å². The zero-order chi connectivity index (χ0) is 33.1. The normalized spacial score (nSPS) is 16.1. The molecule has 0 saturated carbocycles. The number of piperazine rings is 1. The number of amides is 1. The van der Waals surface area contributed by atoms with Gasteiger partial charge in [-0.2, -0.15) is 18.2 Å². The molecule has 4 aromatic rings. The third-order valence-electron chi connectivity index (χ3n) is 8.68. The Labute approximate surface area is 267 Å². The van der Waals surface area contributed by atoms with Gasteiger partial charge in [-0.3, -0.25) is 9.59 Å². The van der Waals surface area contributed by atoms with Crippen LogP contribution in [0.15, 0.2) is 71.3 Å². The molecule has 2 aromatic heterocycles. The molecule has 0 atom stereocenters. The van der Waals surface area contributed by atoms with E-state index in [0.717, 1.165) is 0 Å². The van der Waals surface area contributed by atoms with Gasteiger partial charge in [0.15, 0.2) is 5.69 Å². The van der Waals surface area contributed by atoms with Crippen molar-refractivity contribution in [3.05, 3.63) is 107 Å². The number of ketones is 1. The van der Waals surface area contributed by atoms with Crippen LogP contribution in [0.2, 0.25) is 0 Å². The van der Waals surface area contributed by atoms with Crippen molar-refractivity contribution in [3.63, 3.8) is 0 Å². The number of Topliss-reactive ketones (excluding diaryl/α,β-unsaturated/α-hetero) is 1. The summed E-state index contributed by atoms with van der Waals surface area (Å²) in [6.45, 7) is 2.41. The Bertz CT molecular complexity index is 1730. The number of halogens is 5. The number of benzene rings is 2. The van der Waals surface area contributed by atoms with Gasteiger partial charge in [-0.25, -0.2) is 13.8 Å². The first-order valence-electron chi connectivity index (χ1n) is 15.4. The minimum Gasteiger partial charge on any atom is -0.420 e. The lowest BCUT2D eigenvalue weighted by Gasteiger charge is -2.35. The van der Waals surface area contributed by atoms with Crippen LogP contribution in [0.5, 0.6) is 0 Å². The molecule has 2 aliphatic heterocycles. The van der Waals surface area contributed by atoms with Gasteiger partial charge in [0.2, 0.25) is 17.5 Å². The van der Waals surface area contributed by atoms with Crippen LogP contribution in [-0.2, 0) is 23.8 Å². The molecule has 2 aromatic carbocycles. The largest absolute Gasteiger partial charge is 0.437 e. The Morgan fingerprint density at radius 2 is 1.49 bits per heavy atom. The number of hydrogen-bond donors (Lipinski definition) is 0. The standard InChI is InChI=1S/C34H32F5N5O3/c35-26-7-3-1-5-24(26)20-30(46)43-17-15-42(16-18-43)29-10-9-22(21-40-29)19-28(45)31-32(34(37,38)39)41-33(47-31)44-13-11-23(12-14-44)25-6-2-4-8-27(25)36/h1-10,21,23H,11-20H2. The SMILES string of the molecule is O=C(Cc1ccc(N2CCN(C(=O)Cc3ccccc3F)CC2)nc1)c1oc(N2CCC(c3ccccc3F)CC2)nc1C(F)(F)F. The van der Waals surface area contributed by atoms with E-state index in [4.69, 9.17) is 4.42 Å². The van der Waals surface area contributed by atoms with Crippen LogP contribution in [0, 0.1) is 11.6 Å². The third-order valence-corrected chi connectivity index (χ3v) is 8.68. The summed E-state index contributed by atoms with van der Waals surface area (Å²) in [4.78, 5) is 39.0. The highest BCUT2D eigenvalue weighted by molar-refractivity contribution is 5.96. The first kappa shape index (κ1) is 32.1. The highest BCUT2D eigenvalue weighted by Gasteiger charge is 2.42. The molecule has 2 aliphatic rings. The highest BCUT2D eigenvalue weighted by Crippen LogP contribution is 2.37. The summed E-state index contributed by atoms with van der Waals surface area (Å²) in [7, 11) is 0. The quantitative estimate of drug-likeness (QED) is 0.169. The van der Waals surface area contributed by atoms with E-state index in [-0.39, 0.29) is 36.5 Å². The maximum absolute atomic E-state index is 14.2. The van der Waals surface area contributed by atoms with Gasteiger partial charge >= 0.3 is 6.18 Å². The number of nitrogens with zero attached hydrogens (tertiary/aromatic N) is 5. The molecule has 6 rings (SSSR count). The van der Waals surface area contributed by atoms with E-state index in [1.165, 1.54) is 18.3 Å². The summed E-state index contributed by atoms with van der Waals surface area (Å²) in [5.41, 5.74) is -0.0630. The highest BCUT2D eigenvalue weighted by atomic mass is 19.4. The van der Waals surface area contributed by atoms with Gasteiger partial charge < -0.3 is 19.1 Å². The molecule has 2 saturated heterocycles. The van der Waals surface area contributed by atoms with Gasteiger partial charge in [0.1, 0.15) is 17.5 Å². The Balaban J connectivity index is 1.06. The molecule has 0 unspecified atom stereocenters. The van der Waals surface area contributed by atoms with Crippen LogP contribution in [-0.4, -0.2) is 65.8 Å². The lowest BCUT2D eigenvalue weighted by molar-refractivity contribution is -0.141. The van der Waals surface area contributed by atoms with Crippen LogP contribution in [0.25, 0.3) is 0 Å². The third kappa shape index (κ3) is 7.28. The second-order valence-corrected chi connectivity index (χ2v) is 11.7. The number of hydrogen-bond acceptors (Lipinski definition) is 7. The number of pyridine rings is 1. The van der Waals surface area contributed by atoms with E-state index in [0.29, 0.717) is 74.6 Å². The average Bonchev–Trinajstić information content (AvgIpc) is 3.54. The van der Waals surface area contributed by atoms with Crippen LogP contribution in [0.3, 0.4) is 0 Å². The molecule has 0 spiro atoms. The molecule has 246 valence electrons. The second kappa shape index (κ2) is 13.5. The minimum absolute atomic E-state index is 0.0234. The smallest absolute Gasteiger partial charge is 0.420 e. The Morgan fingerprint density at radius 1 is 0.809 bits per heavy atom. The second-order valence-electron chi connectivity index (χ2n) is 11.7. The Morgan fingerprint density at radius 3 is 2.13 bits per heavy atom. The molecule has 13 heteroatoms. The lowest BCUT2D eigenvalue weighted by atomic mass is 9.89. The van der Waals surface area contributed by atoms with Crippen molar-refractivity contribution >= 4 is 23.5 Å². The number of oxazole rings is 1. The monoisotopic (exact) mass is 653 g/mol. The van der Waals surface area contributed by atoms with Crippen molar-refractivity contribution in [2.45, 2.75) is 37.8 Å². The predicted octanol–water partition coefficient (Wildman–Crippen LogP) is 6.07. The average molecular weight is 654 g/mol. The summed E-state index contributed by atoms with van der Waals surface area (Å²) in [6.07, 6.45) is -2.89. The first-order chi connectivity index (χ1) is 22.6. The van der Waals surface area contributed by atoms with Crippen LogP contribution < -0.4 is 9.80 Å². The van der Waals surface area contributed by atoms with E-state index in [1.807, 2.05) is 4.90 Å². The Hall–Kier alpha value is -4.81. The molecule has 0 radical (unpaired) electrons. The molecule has 0 N–H and O–H groups in total. The van der Waals surface area contributed by atoms with Crippen molar-refractivity contribution in [2.75, 3.05) is 49.1 Å². The van der Waals surface area contributed by atoms with Crippen LogP contribution in [0.1, 0.15) is 51.7 Å². The van der Waals surface area contributed by atoms with Crippen LogP contribution >= 0.6 is 0 Å². The van der Waals surface area contributed by atoms with E-state index in [2.05, 4.69) is 9.97 Å².